The van der Waals surface area contributed by atoms with Crippen molar-refractivity contribution < 1.29 is 13.2 Å². The molecule has 0 saturated heterocycles. The van der Waals surface area contributed by atoms with Crippen LogP contribution in [0.25, 0.3) is 28.7 Å². The first kappa shape index (κ1) is 18.7. The fourth-order valence-electron chi connectivity index (χ4n) is 3.10. The molecule has 0 aliphatic rings. The number of hydrogen-bond donors (Lipinski definition) is 0. The van der Waals surface area contributed by atoms with Crippen LogP contribution in [0.1, 0.15) is 16.8 Å². The number of halogens is 3. The van der Waals surface area contributed by atoms with Crippen LogP contribution in [0.2, 0.25) is 0 Å². The van der Waals surface area contributed by atoms with Crippen molar-refractivity contribution in [3.63, 3.8) is 0 Å². The number of para-hydroxylation sites is 1. The van der Waals surface area contributed by atoms with Gasteiger partial charge >= 0.3 is 6.18 Å². The molecule has 0 N–H and O–H groups in total. The van der Waals surface area contributed by atoms with E-state index in [1.165, 1.54) is 12.1 Å². The van der Waals surface area contributed by atoms with Crippen molar-refractivity contribution in [2.45, 2.75) is 6.18 Å². The Hall–Kier alpha value is -3.67. The number of hydrogen-bond acceptors (Lipinski definition) is 2. The van der Waals surface area contributed by atoms with Crippen LogP contribution in [-0.2, 0) is 6.18 Å². The normalized spacial score (nSPS) is 12.0. The van der Waals surface area contributed by atoms with Gasteiger partial charge in [0.1, 0.15) is 5.52 Å². The smallest absolute Gasteiger partial charge is 0.288 e. The number of benzene rings is 2. The summed E-state index contributed by atoms with van der Waals surface area (Å²) in [4.78, 5) is 12.6. The van der Waals surface area contributed by atoms with Crippen molar-refractivity contribution in [3.8, 4) is 5.69 Å². The Morgan fingerprint density at radius 2 is 1.55 bits per heavy atom. The molecule has 1 heterocycles. The van der Waals surface area contributed by atoms with E-state index in [1.54, 1.807) is 41.1 Å². The highest BCUT2D eigenvalue weighted by atomic mass is 19.4. The zero-order valence-electron chi connectivity index (χ0n) is 15.1. The van der Waals surface area contributed by atoms with Gasteiger partial charge in [-0.1, -0.05) is 54.6 Å². The number of fused-ring (bicyclic) bond motifs is 1. The van der Waals surface area contributed by atoms with Crippen molar-refractivity contribution in [1.82, 2.24) is 9.78 Å². The molecule has 0 atom stereocenters. The lowest BCUT2D eigenvalue weighted by Crippen LogP contribution is -2.04. The van der Waals surface area contributed by atoms with Gasteiger partial charge in [-0.3, -0.25) is 4.79 Å². The molecule has 0 unspecified atom stereocenters. The second kappa shape index (κ2) is 7.39. The molecule has 1 aromatic heterocycles. The summed E-state index contributed by atoms with van der Waals surface area (Å²) < 4.78 is 40.4. The van der Waals surface area contributed by atoms with Crippen molar-refractivity contribution in [3.05, 3.63) is 106 Å². The number of alkyl halides is 3. The molecule has 29 heavy (non-hydrogen) atoms. The van der Waals surface area contributed by atoms with Crippen LogP contribution in [0.15, 0.2) is 83.7 Å². The molecule has 0 fully saturated rings. The Bertz CT molecular complexity index is 1260. The summed E-state index contributed by atoms with van der Waals surface area (Å²) in [5.41, 5.74) is 1.11. The zero-order valence-corrected chi connectivity index (χ0v) is 15.1. The van der Waals surface area contributed by atoms with Gasteiger partial charge in [0.25, 0.3) is 0 Å². The monoisotopic (exact) mass is 392 g/mol. The lowest BCUT2D eigenvalue weighted by molar-refractivity contribution is -0.137. The van der Waals surface area contributed by atoms with E-state index in [2.05, 4.69) is 5.10 Å². The quantitative estimate of drug-likeness (QED) is 0.457. The number of rotatable bonds is 3. The summed E-state index contributed by atoms with van der Waals surface area (Å²) in [6, 6.07) is 20.9. The average molecular weight is 392 g/mol. The maximum Gasteiger partial charge on any atom is 0.416 e. The minimum absolute atomic E-state index is 0.194. The van der Waals surface area contributed by atoms with Gasteiger partial charge in [-0.2, -0.15) is 18.3 Å². The van der Waals surface area contributed by atoms with Gasteiger partial charge in [0.15, 0.2) is 0 Å². The van der Waals surface area contributed by atoms with E-state index in [4.69, 9.17) is 0 Å². The lowest BCUT2D eigenvalue weighted by Gasteiger charge is -2.06. The van der Waals surface area contributed by atoms with Crippen molar-refractivity contribution >= 4 is 23.1 Å². The largest absolute Gasteiger partial charge is 0.416 e. The summed E-state index contributed by atoms with van der Waals surface area (Å²) in [6.45, 7) is 0. The third-order valence-corrected chi connectivity index (χ3v) is 4.45. The Morgan fingerprint density at radius 3 is 2.31 bits per heavy atom. The molecule has 0 saturated carbocycles. The van der Waals surface area contributed by atoms with E-state index in [0.29, 0.717) is 22.2 Å². The molecule has 6 heteroatoms. The van der Waals surface area contributed by atoms with Gasteiger partial charge in [0, 0.05) is 5.39 Å². The summed E-state index contributed by atoms with van der Waals surface area (Å²) >= 11 is 0. The van der Waals surface area contributed by atoms with Crippen LogP contribution in [-0.4, -0.2) is 9.78 Å². The molecule has 0 bridgehead atoms. The fraction of sp³-hybridized carbons (Fsp3) is 0.0435. The summed E-state index contributed by atoms with van der Waals surface area (Å²) in [5, 5.41) is 5.16. The third-order valence-electron chi connectivity index (χ3n) is 4.45. The molecule has 0 spiro atoms. The molecular formula is C23H15F3N2O. The Kier molecular flexibility index (Phi) is 4.76. The first-order valence-electron chi connectivity index (χ1n) is 8.86. The highest BCUT2D eigenvalue weighted by Crippen LogP contribution is 2.30. The van der Waals surface area contributed by atoms with Crippen LogP contribution in [0.4, 0.5) is 13.2 Å². The molecular weight excluding hydrogens is 377 g/mol. The highest BCUT2D eigenvalue weighted by Gasteiger charge is 2.30. The predicted molar refractivity (Wildman–Crippen MR) is 108 cm³/mol. The standard InChI is InChI=1S/C23H15F3N2O/c24-23(25,26)17-8-6-7-16(15-17)13-14-20-19-11-4-5-12-21(29)22(19)28(27-20)18-9-2-1-3-10-18/h1-15H/b14-13+. The van der Waals surface area contributed by atoms with E-state index in [-0.39, 0.29) is 5.43 Å². The Labute approximate surface area is 164 Å². The summed E-state index contributed by atoms with van der Waals surface area (Å²) in [6.07, 6.45) is -1.23. The maximum atomic E-state index is 12.9. The van der Waals surface area contributed by atoms with Crippen molar-refractivity contribution in [2.75, 3.05) is 0 Å². The van der Waals surface area contributed by atoms with Crippen LogP contribution in [0, 0.1) is 0 Å². The van der Waals surface area contributed by atoms with E-state index >= 15 is 0 Å². The summed E-state index contributed by atoms with van der Waals surface area (Å²) in [5.74, 6) is 0. The van der Waals surface area contributed by atoms with Gasteiger partial charge in [-0.15, -0.1) is 0 Å². The fourth-order valence-corrected chi connectivity index (χ4v) is 3.10. The second-order valence-electron chi connectivity index (χ2n) is 6.43. The Morgan fingerprint density at radius 1 is 0.828 bits per heavy atom. The van der Waals surface area contributed by atoms with Gasteiger partial charge in [0.05, 0.1) is 16.9 Å². The molecule has 144 valence electrons. The molecule has 0 radical (unpaired) electrons. The zero-order chi connectivity index (χ0) is 20.4. The topological polar surface area (TPSA) is 34.9 Å². The minimum Gasteiger partial charge on any atom is -0.288 e. The number of nitrogens with zero attached hydrogens (tertiary/aromatic N) is 2. The van der Waals surface area contributed by atoms with Crippen LogP contribution < -0.4 is 5.43 Å². The van der Waals surface area contributed by atoms with Crippen LogP contribution in [0.5, 0.6) is 0 Å². The molecule has 0 aliphatic heterocycles. The maximum absolute atomic E-state index is 12.9. The molecule has 0 aliphatic carbocycles. The Balaban J connectivity index is 1.86. The molecule has 3 aromatic carbocycles. The van der Waals surface area contributed by atoms with E-state index in [1.807, 2.05) is 30.3 Å². The van der Waals surface area contributed by atoms with E-state index in [9.17, 15) is 18.0 Å². The van der Waals surface area contributed by atoms with E-state index in [0.717, 1.165) is 17.8 Å². The SMILES string of the molecule is O=c1ccccc2c(/C=C/c3cccc(C(F)(F)F)c3)nn(-c3ccccc3)c12. The minimum atomic E-state index is -4.41. The molecule has 4 aromatic rings. The first-order chi connectivity index (χ1) is 13.9. The first-order valence-corrected chi connectivity index (χ1v) is 8.86. The summed E-state index contributed by atoms with van der Waals surface area (Å²) in [7, 11) is 0. The lowest BCUT2D eigenvalue weighted by atomic mass is 10.1. The van der Waals surface area contributed by atoms with Crippen molar-refractivity contribution in [2.24, 2.45) is 0 Å². The molecule has 0 amide bonds. The van der Waals surface area contributed by atoms with E-state index < -0.39 is 11.7 Å². The van der Waals surface area contributed by atoms with Gasteiger partial charge < -0.3 is 0 Å². The molecule has 4 rings (SSSR count). The third kappa shape index (κ3) is 3.82. The van der Waals surface area contributed by atoms with Crippen LogP contribution >= 0.6 is 0 Å². The molecule has 3 nitrogen and oxygen atoms in total. The van der Waals surface area contributed by atoms with Gasteiger partial charge in [-0.25, -0.2) is 4.68 Å². The van der Waals surface area contributed by atoms with Crippen LogP contribution in [0.3, 0.4) is 0 Å². The average Bonchev–Trinajstić information content (AvgIpc) is 2.97. The second-order valence-corrected chi connectivity index (χ2v) is 6.43. The highest BCUT2D eigenvalue weighted by molar-refractivity contribution is 5.90. The van der Waals surface area contributed by atoms with Gasteiger partial charge in [0.2, 0.25) is 5.43 Å². The van der Waals surface area contributed by atoms with Crippen molar-refractivity contribution in [1.29, 1.82) is 0 Å². The number of aromatic nitrogens is 2. The van der Waals surface area contributed by atoms with Gasteiger partial charge in [-0.05, 0) is 42.0 Å². The predicted octanol–water partition coefficient (Wildman–Crippen LogP) is 5.57.